The van der Waals surface area contributed by atoms with E-state index in [4.69, 9.17) is 0 Å². The van der Waals surface area contributed by atoms with Gasteiger partial charge in [-0.15, -0.1) is 0 Å². The summed E-state index contributed by atoms with van der Waals surface area (Å²) in [5.41, 5.74) is 1.53. The number of hydrogen-bond acceptors (Lipinski definition) is 4. The number of hydrogen-bond donors (Lipinski definition) is 0. The number of benzene rings is 1. The second kappa shape index (κ2) is 7.53. The van der Waals surface area contributed by atoms with Crippen LogP contribution in [0.4, 0.5) is 0 Å². The smallest absolute Gasteiger partial charge is 0.261 e. The van der Waals surface area contributed by atoms with E-state index in [0.717, 1.165) is 18.4 Å². The van der Waals surface area contributed by atoms with Gasteiger partial charge in [0.05, 0.1) is 23.3 Å². The minimum absolute atomic E-state index is 0.0502. The van der Waals surface area contributed by atoms with Crippen molar-refractivity contribution >= 4 is 22.9 Å². The molecular formula is C21H20N4O2. The van der Waals surface area contributed by atoms with Gasteiger partial charge in [0.1, 0.15) is 0 Å². The van der Waals surface area contributed by atoms with E-state index in [1.807, 2.05) is 30.3 Å². The molecule has 1 aliphatic heterocycles. The molecule has 1 aliphatic rings. The van der Waals surface area contributed by atoms with E-state index >= 15 is 0 Å². The average molecular weight is 360 g/mol. The second-order valence-electron chi connectivity index (χ2n) is 6.67. The fraction of sp³-hybridized carbons (Fsp3) is 0.238. The Morgan fingerprint density at radius 1 is 1.19 bits per heavy atom. The summed E-state index contributed by atoms with van der Waals surface area (Å²) in [6.45, 7) is 1.21. The molecule has 2 aromatic heterocycles. The summed E-state index contributed by atoms with van der Waals surface area (Å²) in [4.78, 5) is 35.6. The van der Waals surface area contributed by atoms with Gasteiger partial charge in [0.25, 0.3) is 5.56 Å². The number of para-hydroxylation sites is 1. The Bertz CT molecular complexity index is 1040. The Balaban J connectivity index is 1.53. The normalized spacial score (nSPS) is 17.5. The first-order valence-corrected chi connectivity index (χ1v) is 9.05. The predicted octanol–water partition coefficient (Wildman–Crippen LogP) is 2.67. The molecule has 27 heavy (non-hydrogen) atoms. The third kappa shape index (κ3) is 3.65. The topological polar surface area (TPSA) is 68.1 Å². The average Bonchev–Trinajstić information content (AvgIpc) is 2.73. The van der Waals surface area contributed by atoms with E-state index < -0.39 is 0 Å². The Morgan fingerprint density at radius 3 is 2.93 bits per heavy atom. The Hall–Kier alpha value is -3.28. The number of carbonyl (C=O) groups is 1. The summed E-state index contributed by atoms with van der Waals surface area (Å²) < 4.78 is 1.67. The zero-order chi connectivity index (χ0) is 18.6. The summed E-state index contributed by atoms with van der Waals surface area (Å²) in [6, 6.07) is 11.0. The number of likely N-dealkylation sites (tertiary alicyclic amines) is 1. The Morgan fingerprint density at radius 2 is 2.07 bits per heavy atom. The lowest BCUT2D eigenvalue weighted by molar-refractivity contribution is -0.127. The van der Waals surface area contributed by atoms with E-state index in [0.29, 0.717) is 24.0 Å². The first-order chi connectivity index (χ1) is 13.2. The SMILES string of the molecule is O=C(/C=C/c1cccnc1)N1CCC[C@H](n2cnc3ccccc3c2=O)C1. The number of nitrogens with zero attached hydrogens (tertiary/aromatic N) is 4. The van der Waals surface area contributed by atoms with Crippen LogP contribution in [0.1, 0.15) is 24.4 Å². The lowest BCUT2D eigenvalue weighted by Gasteiger charge is -2.33. The number of amides is 1. The van der Waals surface area contributed by atoms with Gasteiger partial charge in [-0.3, -0.25) is 19.1 Å². The van der Waals surface area contributed by atoms with E-state index in [9.17, 15) is 9.59 Å². The summed E-state index contributed by atoms with van der Waals surface area (Å²) in [6.07, 6.45) is 10.1. The van der Waals surface area contributed by atoms with E-state index in [-0.39, 0.29) is 17.5 Å². The summed E-state index contributed by atoms with van der Waals surface area (Å²) >= 11 is 0. The van der Waals surface area contributed by atoms with Crippen LogP contribution in [0.25, 0.3) is 17.0 Å². The number of pyridine rings is 1. The lowest BCUT2D eigenvalue weighted by atomic mass is 10.0. The molecule has 1 fully saturated rings. The minimum Gasteiger partial charge on any atom is -0.337 e. The fourth-order valence-electron chi connectivity index (χ4n) is 3.47. The number of carbonyl (C=O) groups excluding carboxylic acids is 1. The van der Waals surface area contributed by atoms with Gasteiger partial charge in [-0.1, -0.05) is 18.2 Å². The molecule has 0 spiro atoms. The molecule has 4 rings (SSSR count). The standard InChI is InChI=1S/C21H20N4O2/c26-20(10-9-16-5-3-11-22-13-16)24-12-4-6-17(14-24)25-15-23-19-8-2-1-7-18(19)21(25)27/h1-3,5,7-11,13,15,17H,4,6,12,14H2/b10-9+/t17-/m0/s1. The van der Waals surface area contributed by atoms with Gasteiger partial charge in [0.15, 0.2) is 0 Å². The second-order valence-corrected chi connectivity index (χ2v) is 6.67. The van der Waals surface area contributed by atoms with Gasteiger partial charge in [-0.05, 0) is 42.7 Å². The lowest BCUT2D eigenvalue weighted by Crippen LogP contribution is -2.42. The van der Waals surface area contributed by atoms with Crippen molar-refractivity contribution < 1.29 is 4.79 Å². The van der Waals surface area contributed by atoms with E-state index in [1.54, 1.807) is 46.4 Å². The fourth-order valence-corrected chi connectivity index (χ4v) is 3.47. The number of fused-ring (bicyclic) bond motifs is 1. The maximum atomic E-state index is 12.8. The Kier molecular flexibility index (Phi) is 4.78. The molecule has 6 nitrogen and oxygen atoms in total. The van der Waals surface area contributed by atoms with Crippen molar-refractivity contribution in [2.24, 2.45) is 0 Å². The minimum atomic E-state index is -0.0564. The van der Waals surface area contributed by atoms with Crippen LogP contribution >= 0.6 is 0 Å². The molecule has 0 aliphatic carbocycles. The third-order valence-electron chi connectivity index (χ3n) is 4.89. The molecule has 1 atom stereocenters. The predicted molar refractivity (Wildman–Crippen MR) is 104 cm³/mol. The third-order valence-corrected chi connectivity index (χ3v) is 4.89. The van der Waals surface area contributed by atoms with Crippen molar-refractivity contribution in [3.63, 3.8) is 0 Å². The number of piperidine rings is 1. The molecular weight excluding hydrogens is 340 g/mol. The molecule has 0 unspecified atom stereocenters. The van der Waals surface area contributed by atoms with Crippen LogP contribution in [0.5, 0.6) is 0 Å². The van der Waals surface area contributed by atoms with Gasteiger partial charge in [0.2, 0.25) is 5.91 Å². The van der Waals surface area contributed by atoms with E-state index in [1.165, 1.54) is 0 Å². The maximum Gasteiger partial charge on any atom is 0.261 e. The molecule has 0 bridgehead atoms. The van der Waals surface area contributed by atoms with Gasteiger partial charge in [-0.25, -0.2) is 4.98 Å². The highest BCUT2D eigenvalue weighted by Crippen LogP contribution is 2.21. The first-order valence-electron chi connectivity index (χ1n) is 9.05. The molecule has 3 aromatic rings. The highest BCUT2D eigenvalue weighted by atomic mass is 16.2. The Labute approximate surface area is 156 Å². The molecule has 0 N–H and O–H groups in total. The molecule has 3 heterocycles. The quantitative estimate of drug-likeness (QED) is 0.674. The van der Waals surface area contributed by atoms with Crippen LogP contribution in [0, 0.1) is 0 Å². The zero-order valence-corrected chi connectivity index (χ0v) is 14.9. The molecule has 6 heteroatoms. The van der Waals surface area contributed by atoms with Crippen LogP contribution in [0.2, 0.25) is 0 Å². The van der Waals surface area contributed by atoms with Crippen LogP contribution in [-0.2, 0) is 4.79 Å². The molecule has 1 saturated heterocycles. The van der Waals surface area contributed by atoms with Crippen molar-refractivity contribution in [1.82, 2.24) is 19.4 Å². The van der Waals surface area contributed by atoms with Gasteiger partial charge in [0, 0.05) is 31.6 Å². The summed E-state index contributed by atoms with van der Waals surface area (Å²) in [5, 5.41) is 0.611. The van der Waals surface area contributed by atoms with Gasteiger partial charge in [-0.2, -0.15) is 0 Å². The number of aromatic nitrogens is 3. The molecule has 136 valence electrons. The number of rotatable bonds is 3. The van der Waals surface area contributed by atoms with Crippen LogP contribution in [0.15, 0.2) is 66.0 Å². The van der Waals surface area contributed by atoms with E-state index in [2.05, 4.69) is 9.97 Å². The summed E-state index contributed by atoms with van der Waals surface area (Å²) in [5.74, 6) is -0.0506. The van der Waals surface area contributed by atoms with Crippen molar-refractivity contribution in [1.29, 1.82) is 0 Å². The van der Waals surface area contributed by atoms with Crippen LogP contribution < -0.4 is 5.56 Å². The zero-order valence-electron chi connectivity index (χ0n) is 14.9. The van der Waals surface area contributed by atoms with Gasteiger partial charge < -0.3 is 4.90 Å². The first kappa shape index (κ1) is 17.1. The van der Waals surface area contributed by atoms with Crippen LogP contribution in [-0.4, -0.2) is 38.4 Å². The molecule has 0 radical (unpaired) electrons. The van der Waals surface area contributed by atoms with Crippen molar-refractivity contribution in [3.05, 3.63) is 77.1 Å². The maximum absolute atomic E-state index is 12.8. The monoisotopic (exact) mass is 360 g/mol. The van der Waals surface area contributed by atoms with Crippen molar-refractivity contribution in [2.45, 2.75) is 18.9 Å². The summed E-state index contributed by atoms with van der Waals surface area (Å²) in [7, 11) is 0. The van der Waals surface area contributed by atoms with Gasteiger partial charge >= 0.3 is 0 Å². The largest absolute Gasteiger partial charge is 0.337 e. The van der Waals surface area contributed by atoms with Crippen molar-refractivity contribution in [2.75, 3.05) is 13.1 Å². The van der Waals surface area contributed by atoms with Crippen molar-refractivity contribution in [3.8, 4) is 0 Å². The molecule has 0 saturated carbocycles. The highest BCUT2D eigenvalue weighted by molar-refractivity contribution is 5.91. The van der Waals surface area contributed by atoms with Crippen LogP contribution in [0.3, 0.4) is 0 Å². The highest BCUT2D eigenvalue weighted by Gasteiger charge is 2.24. The molecule has 1 aromatic carbocycles. The molecule has 1 amide bonds.